The molecule has 0 aliphatic heterocycles. The van der Waals surface area contributed by atoms with Crippen LogP contribution in [0.25, 0.3) is 10.9 Å². The fourth-order valence-corrected chi connectivity index (χ4v) is 2.01. The molecule has 6 nitrogen and oxygen atoms in total. The van der Waals surface area contributed by atoms with E-state index < -0.39 is 5.91 Å². The highest BCUT2D eigenvalue weighted by atomic mass is 19.1. The Morgan fingerprint density at radius 3 is 3.00 bits per heavy atom. The number of carbonyl (C=O) groups is 1. The lowest BCUT2D eigenvalue weighted by Crippen LogP contribution is -2.11. The van der Waals surface area contributed by atoms with Gasteiger partial charge in [0.05, 0.1) is 18.3 Å². The van der Waals surface area contributed by atoms with Gasteiger partial charge < -0.3 is 5.73 Å². The SMILES string of the molecule is NC(=O)c1cn(Cc2cc(F)cc3cccnc23)nn1. The van der Waals surface area contributed by atoms with Gasteiger partial charge in [-0.05, 0) is 18.2 Å². The second kappa shape index (κ2) is 4.69. The predicted octanol–water partition coefficient (Wildman–Crippen LogP) is 1.11. The highest BCUT2D eigenvalue weighted by Crippen LogP contribution is 2.19. The van der Waals surface area contributed by atoms with E-state index in [9.17, 15) is 9.18 Å². The number of benzene rings is 1. The van der Waals surface area contributed by atoms with E-state index >= 15 is 0 Å². The number of carbonyl (C=O) groups excluding carboxylic acids is 1. The van der Waals surface area contributed by atoms with E-state index in [1.54, 1.807) is 18.3 Å². The van der Waals surface area contributed by atoms with Crippen molar-refractivity contribution in [1.29, 1.82) is 0 Å². The monoisotopic (exact) mass is 271 g/mol. The van der Waals surface area contributed by atoms with E-state index in [1.165, 1.54) is 23.0 Å². The summed E-state index contributed by atoms with van der Waals surface area (Å²) < 4.78 is 15.0. The number of halogens is 1. The Labute approximate surface area is 113 Å². The second-order valence-corrected chi connectivity index (χ2v) is 4.31. The maximum atomic E-state index is 13.6. The molecule has 1 aromatic carbocycles. The highest BCUT2D eigenvalue weighted by Gasteiger charge is 2.10. The molecule has 0 spiro atoms. The molecule has 1 amide bonds. The molecule has 3 rings (SSSR count). The molecule has 7 heteroatoms. The molecular formula is C13H10FN5O. The molecule has 0 aliphatic rings. The lowest BCUT2D eigenvalue weighted by atomic mass is 10.1. The zero-order chi connectivity index (χ0) is 14.1. The molecule has 2 N–H and O–H groups in total. The van der Waals surface area contributed by atoms with Crippen LogP contribution in [0.2, 0.25) is 0 Å². The third kappa shape index (κ3) is 2.20. The van der Waals surface area contributed by atoms with Gasteiger partial charge in [0, 0.05) is 17.1 Å². The van der Waals surface area contributed by atoms with Crippen molar-refractivity contribution in [3.63, 3.8) is 0 Å². The quantitative estimate of drug-likeness (QED) is 0.773. The number of amides is 1. The minimum atomic E-state index is -0.654. The third-order valence-corrected chi connectivity index (χ3v) is 2.87. The summed E-state index contributed by atoms with van der Waals surface area (Å²) in [6.07, 6.45) is 3.06. The first-order valence-corrected chi connectivity index (χ1v) is 5.86. The Kier molecular flexibility index (Phi) is 2.86. The summed E-state index contributed by atoms with van der Waals surface area (Å²) in [6, 6.07) is 6.33. The predicted molar refractivity (Wildman–Crippen MR) is 69.3 cm³/mol. The highest BCUT2D eigenvalue weighted by molar-refractivity contribution is 5.90. The Morgan fingerprint density at radius 2 is 2.25 bits per heavy atom. The summed E-state index contributed by atoms with van der Waals surface area (Å²) in [5, 5.41) is 8.13. The minimum Gasteiger partial charge on any atom is -0.364 e. The molecule has 0 aliphatic carbocycles. The summed E-state index contributed by atoms with van der Waals surface area (Å²) >= 11 is 0. The number of hydrogen-bond acceptors (Lipinski definition) is 4. The molecule has 0 radical (unpaired) electrons. The van der Waals surface area contributed by atoms with Crippen LogP contribution in [-0.2, 0) is 6.54 Å². The van der Waals surface area contributed by atoms with E-state index in [-0.39, 0.29) is 18.1 Å². The normalized spacial score (nSPS) is 10.8. The van der Waals surface area contributed by atoms with Gasteiger partial charge >= 0.3 is 0 Å². The second-order valence-electron chi connectivity index (χ2n) is 4.31. The molecule has 0 fully saturated rings. The number of rotatable bonds is 3. The smallest absolute Gasteiger partial charge is 0.270 e. The van der Waals surface area contributed by atoms with Crippen LogP contribution in [0.5, 0.6) is 0 Å². The van der Waals surface area contributed by atoms with Crippen molar-refractivity contribution in [1.82, 2.24) is 20.0 Å². The average Bonchev–Trinajstić information content (AvgIpc) is 2.87. The van der Waals surface area contributed by atoms with Gasteiger partial charge in [0.15, 0.2) is 5.69 Å². The van der Waals surface area contributed by atoms with Gasteiger partial charge in [-0.1, -0.05) is 11.3 Å². The molecular weight excluding hydrogens is 261 g/mol. The van der Waals surface area contributed by atoms with Crippen LogP contribution in [0.15, 0.2) is 36.7 Å². The van der Waals surface area contributed by atoms with Gasteiger partial charge in [-0.15, -0.1) is 5.10 Å². The lowest BCUT2D eigenvalue weighted by molar-refractivity contribution is 0.0995. The van der Waals surface area contributed by atoms with Crippen LogP contribution in [-0.4, -0.2) is 25.9 Å². The first-order valence-electron chi connectivity index (χ1n) is 5.86. The zero-order valence-corrected chi connectivity index (χ0v) is 10.3. The molecule has 0 atom stereocenters. The summed E-state index contributed by atoms with van der Waals surface area (Å²) in [5.41, 5.74) is 6.52. The Morgan fingerprint density at radius 1 is 1.40 bits per heavy atom. The summed E-state index contributed by atoms with van der Waals surface area (Å²) in [7, 11) is 0. The first-order chi connectivity index (χ1) is 9.63. The van der Waals surface area contributed by atoms with Crippen molar-refractivity contribution in [2.75, 3.05) is 0 Å². The van der Waals surface area contributed by atoms with Crippen molar-refractivity contribution in [2.45, 2.75) is 6.54 Å². The van der Waals surface area contributed by atoms with Gasteiger partial charge in [-0.2, -0.15) is 0 Å². The van der Waals surface area contributed by atoms with E-state index in [0.717, 1.165) is 0 Å². The molecule has 3 aromatic rings. The maximum Gasteiger partial charge on any atom is 0.270 e. The van der Waals surface area contributed by atoms with Crippen LogP contribution in [0, 0.1) is 5.82 Å². The summed E-state index contributed by atoms with van der Waals surface area (Å²) in [5.74, 6) is -1.01. The zero-order valence-electron chi connectivity index (χ0n) is 10.3. The van der Waals surface area contributed by atoms with Crippen LogP contribution < -0.4 is 5.73 Å². The van der Waals surface area contributed by atoms with Crippen molar-refractivity contribution < 1.29 is 9.18 Å². The van der Waals surface area contributed by atoms with Crippen molar-refractivity contribution in [3.8, 4) is 0 Å². The standard InChI is InChI=1S/C13H10FN5O/c14-10-4-8-2-1-3-16-12(8)9(5-10)6-19-7-11(13(15)20)17-18-19/h1-5,7H,6H2,(H2,15,20). The van der Waals surface area contributed by atoms with Gasteiger partial charge in [0.1, 0.15) is 5.82 Å². The maximum absolute atomic E-state index is 13.6. The van der Waals surface area contributed by atoms with Crippen LogP contribution >= 0.6 is 0 Å². The molecule has 100 valence electrons. The van der Waals surface area contributed by atoms with Gasteiger partial charge in [-0.25, -0.2) is 9.07 Å². The number of fused-ring (bicyclic) bond motifs is 1. The van der Waals surface area contributed by atoms with Crippen molar-refractivity contribution in [3.05, 3.63) is 53.7 Å². The number of primary amides is 1. The van der Waals surface area contributed by atoms with Gasteiger partial charge in [-0.3, -0.25) is 9.78 Å². The Balaban J connectivity index is 2.03. The molecule has 0 bridgehead atoms. The van der Waals surface area contributed by atoms with E-state index in [2.05, 4.69) is 15.3 Å². The fraction of sp³-hybridized carbons (Fsp3) is 0.0769. The largest absolute Gasteiger partial charge is 0.364 e. The Bertz CT molecular complexity index is 798. The van der Waals surface area contributed by atoms with Crippen LogP contribution in [0.3, 0.4) is 0 Å². The fourth-order valence-electron chi connectivity index (χ4n) is 2.01. The minimum absolute atomic E-state index is 0.0682. The number of aromatic nitrogens is 4. The molecule has 0 saturated heterocycles. The average molecular weight is 271 g/mol. The number of pyridine rings is 1. The van der Waals surface area contributed by atoms with Crippen molar-refractivity contribution in [2.24, 2.45) is 5.73 Å². The van der Waals surface area contributed by atoms with Gasteiger partial charge in [0.25, 0.3) is 5.91 Å². The first kappa shape index (κ1) is 12.2. The summed E-state index contributed by atoms with van der Waals surface area (Å²) in [4.78, 5) is 15.2. The lowest BCUT2D eigenvalue weighted by Gasteiger charge is -2.05. The summed E-state index contributed by atoms with van der Waals surface area (Å²) in [6.45, 7) is 0.256. The molecule has 20 heavy (non-hydrogen) atoms. The van der Waals surface area contributed by atoms with Crippen LogP contribution in [0.1, 0.15) is 16.1 Å². The number of nitrogens with zero attached hydrogens (tertiary/aromatic N) is 4. The van der Waals surface area contributed by atoms with Crippen molar-refractivity contribution >= 4 is 16.8 Å². The van der Waals surface area contributed by atoms with Gasteiger partial charge in [0.2, 0.25) is 0 Å². The molecule has 2 aromatic heterocycles. The van der Waals surface area contributed by atoms with E-state index in [4.69, 9.17) is 5.73 Å². The number of nitrogens with two attached hydrogens (primary N) is 1. The number of hydrogen-bond donors (Lipinski definition) is 1. The molecule has 0 saturated carbocycles. The Hall–Kier alpha value is -2.83. The van der Waals surface area contributed by atoms with E-state index in [0.29, 0.717) is 16.5 Å². The third-order valence-electron chi connectivity index (χ3n) is 2.87. The molecule has 2 heterocycles. The van der Waals surface area contributed by atoms with E-state index in [1.807, 2.05) is 0 Å². The topological polar surface area (TPSA) is 86.7 Å². The molecule has 0 unspecified atom stereocenters. The van der Waals surface area contributed by atoms with Crippen LogP contribution in [0.4, 0.5) is 4.39 Å².